The summed E-state index contributed by atoms with van der Waals surface area (Å²) in [6.07, 6.45) is 0.832. The van der Waals surface area contributed by atoms with Gasteiger partial charge in [-0.1, -0.05) is 30.3 Å². The van der Waals surface area contributed by atoms with Gasteiger partial charge in [-0.2, -0.15) is 0 Å². The summed E-state index contributed by atoms with van der Waals surface area (Å²) in [5, 5.41) is 0.871. The molecule has 0 unspecified atom stereocenters. The van der Waals surface area contributed by atoms with Crippen LogP contribution in [0.25, 0.3) is 10.9 Å². The molecule has 0 saturated heterocycles. The maximum absolute atomic E-state index is 12.0. The molecular weight excluding hydrogens is 354 g/mol. The van der Waals surface area contributed by atoms with Crippen molar-refractivity contribution in [2.24, 2.45) is 0 Å². The molecule has 0 aliphatic rings. The van der Waals surface area contributed by atoms with Gasteiger partial charge in [-0.3, -0.25) is 4.79 Å². The van der Waals surface area contributed by atoms with E-state index in [0.717, 1.165) is 28.6 Å². The van der Waals surface area contributed by atoms with E-state index >= 15 is 0 Å². The van der Waals surface area contributed by atoms with Crippen LogP contribution < -0.4 is 9.47 Å². The first-order valence-corrected chi connectivity index (χ1v) is 9.50. The zero-order chi connectivity index (χ0) is 19.8. The summed E-state index contributed by atoms with van der Waals surface area (Å²) in [7, 11) is 0. The fourth-order valence-corrected chi connectivity index (χ4v) is 2.82. The zero-order valence-corrected chi connectivity index (χ0v) is 16.3. The third-order valence-corrected chi connectivity index (χ3v) is 4.23. The van der Waals surface area contributed by atoms with Crippen molar-refractivity contribution in [3.05, 3.63) is 65.9 Å². The van der Waals surface area contributed by atoms with Crippen LogP contribution in [0.1, 0.15) is 36.3 Å². The monoisotopic (exact) mass is 379 g/mol. The standard InChI is InChI=1S/C23H25NO4/c1-3-26-12-7-13-27-20-10-11-21-19(14-20)15-22(23(24-21)17(2)25)28-16-18-8-5-4-6-9-18/h4-6,8-11,14-15H,3,7,12-13,16H2,1-2H3. The van der Waals surface area contributed by atoms with Gasteiger partial charge >= 0.3 is 0 Å². The Balaban J connectivity index is 1.78. The van der Waals surface area contributed by atoms with Crippen LogP contribution in [0.15, 0.2) is 54.6 Å². The molecule has 1 aromatic heterocycles. The first-order valence-electron chi connectivity index (χ1n) is 9.50. The molecule has 0 aliphatic carbocycles. The number of hydrogen-bond acceptors (Lipinski definition) is 5. The molecule has 0 fully saturated rings. The van der Waals surface area contributed by atoms with Gasteiger partial charge in [0.15, 0.2) is 5.78 Å². The molecule has 28 heavy (non-hydrogen) atoms. The van der Waals surface area contributed by atoms with E-state index in [1.807, 2.05) is 61.5 Å². The Bertz CT molecular complexity index is 925. The molecule has 0 N–H and O–H groups in total. The molecule has 2 aromatic carbocycles. The molecule has 0 radical (unpaired) electrons. The number of nitrogens with zero attached hydrogens (tertiary/aromatic N) is 1. The van der Waals surface area contributed by atoms with Crippen molar-refractivity contribution in [3.63, 3.8) is 0 Å². The first kappa shape index (κ1) is 19.8. The Kier molecular flexibility index (Phi) is 6.98. The Morgan fingerprint density at radius 1 is 1.00 bits per heavy atom. The maximum Gasteiger partial charge on any atom is 0.181 e. The number of hydrogen-bond donors (Lipinski definition) is 0. The highest BCUT2D eigenvalue weighted by Gasteiger charge is 2.13. The van der Waals surface area contributed by atoms with Gasteiger partial charge in [-0.25, -0.2) is 4.98 Å². The molecule has 3 aromatic rings. The van der Waals surface area contributed by atoms with Crippen molar-refractivity contribution in [3.8, 4) is 11.5 Å². The number of benzene rings is 2. The van der Waals surface area contributed by atoms with Gasteiger partial charge < -0.3 is 14.2 Å². The number of rotatable bonds is 10. The second kappa shape index (κ2) is 9.85. The van der Waals surface area contributed by atoms with Crippen LogP contribution in [0.2, 0.25) is 0 Å². The molecule has 0 spiro atoms. The molecule has 0 bridgehead atoms. The minimum atomic E-state index is -0.124. The van der Waals surface area contributed by atoms with Gasteiger partial charge in [0, 0.05) is 31.9 Å². The quantitative estimate of drug-likeness (QED) is 0.373. The summed E-state index contributed by atoms with van der Waals surface area (Å²) < 4.78 is 17.0. The molecule has 0 saturated carbocycles. The summed E-state index contributed by atoms with van der Waals surface area (Å²) in [5.74, 6) is 1.12. The normalized spacial score (nSPS) is 10.8. The highest BCUT2D eigenvalue weighted by molar-refractivity contribution is 5.98. The Labute approximate surface area is 165 Å². The third-order valence-electron chi connectivity index (χ3n) is 4.23. The molecule has 0 aliphatic heterocycles. The first-order chi connectivity index (χ1) is 13.7. The van der Waals surface area contributed by atoms with E-state index in [9.17, 15) is 4.79 Å². The van der Waals surface area contributed by atoms with E-state index in [1.54, 1.807) is 0 Å². The van der Waals surface area contributed by atoms with Crippen LogP contribution in [0.4, 0.5) is 0 Å². The Hall–Kier alpha value is -2.92. The highest BCUT2D eigenvalue weighted by atomic mass is 16.5. The topological polar surface area (TPSA) is 57.7 Å². The van der Waals surface area contributed by atoms with Crippen molar-refractivity contribution < 1.29 is 19.0 Å². The van der Waals surface area contributed by atoms with Crippen LogP contribution in [0.5, 0.6) is 11.5 Å². The molecule has 5 nitrogen and oxygen atoms in total. The molecule has 3 rings (SSSR count). The average Bonchev–Trinajstić information content (AvgIpc) is 2.72. The molecule has 0 atom stereocenters. The van der Waals surface area contributed by atoms with E-state index in [0.29, 0.717) is 37.9 Å². The van der Waals surface area contributed by atoms with E-state index in [1.165, 1.54) is 6.92 Å². The van der Waals surface area contributed by atoms with Gasteiger partial charge in [0.25, 0.3) is 0 Å². The predicted molar refractivity (Wildman–Crippen MR) is 109 cm³/mol. The number of ketones is 1. The fourth-order valence-electron chi connectivity index (χ4n) is 2.82. The number of aromatic nitrogens is 1. The maximum atomic E-state index is 12.0. The van der Waals surface area contributed by atoms with Crippen molar-refractivity contribution in [1.29, 1.82) is 0 Å². The van der Waals surface area contributed by atoms with Crippen molar-refractivity contribution in [2.75, 3.05) is 19.8 Å². The Morgan fingerprint density at radius 2 is 1.82 bits per heavy atom. The van der Waals surface area contributed by atoms with E-state index in [2.05, 4.69) is 4.98 Å². The second-order valence-corrected chi connectivity index (χ2v) is 6.42. The van der Waals surface area contributed by atoms with Gasteiger partial charge in [0.2, 0.25) is 0 Å². The summed E-state index contributed by atoms with van der Waals surface area (Å²) in [6.45, 7) is 5.84. The highest BCUT2D eigenvalue weighted by Crippen LogP contribution is 2.27. The third kappa shape index (κ3) is 5.30. The fraction of sp³-hybridized carbons (Fsp3) is 0.304. The van der Waals surface area contributed by atoms with Crippen molar-refractivity contribution in [1.82, 2.24) is 4.98 Å². The number of Topliss-reactive ketones (excluding diaryl/α,β-unsaturated/α-hetero) is 1. The Morgan fingerprint density at radius 3 is 2.57 bits per heavy atom. The number of fused-ring (bicyclic) bond motifs is 1. The predicted octanol–water partition coefficient (Wildman–Crippen LogP) is 4.82. The summed E-state index contributed by atoms with van der Waals surface area (Å²) in [4.78, 5) is 16.5. The number of ether oxygens (including phenoxy) is 3. The van der Waals surface area contributed by atoms with E-state index < -0.39 is 0 Å². The molecule has 1 heterocycles. The lowest BCUT2D eigenvalue weighted by Gasteiger charge is -2.12. The van der Waals surface area contributed by atoms with Crippen LogP contribution in [-0.2, 0) is 11.3 Å². The molecule has 146 valence electrons. The minimum absolute atomic E-state index is 0.124. The zero-order valence-electron chi connectivity index (χ0n) is 16.3. The van der Waals surface area contributed by atoms with Crippen LogP contribution in [0, 0.1) is 0 Å². The lowest BCUT2D eigenvalue weighted by atomic mass is 10.1. The summed E-state index contributed by atoms with van der Waals surface area (Å²) >= 11 is 0. The van der Waals surface area contributed by atoms with Crippen molar-refractivity contribution >= 4 is 16.7 Å². The average molecular weight is 379 g/mol. The number of pyridine rings is 1. The molecule has 0 amide bonds. The largest absolute Gasteiger partial charge is 0.493 e. The van der Waals surface area contributed by atoms with Crippen molar-refractivity contribution in [2.45, 2.75) is 26.9 Å². The number of carbonyl (C=O) groups excluding carboxylic acids is 1. The summed E-state index contributed by atoms with van der Waals surface area (Å²) in [5.41, 5.74) is 2.11. The van der Waals surface area contributed by atoms with E-state index in [-0.39, 0.29) is 5.78 Å². The van der Waals surface area contributed by atoms with Gasteiger partial charge in [-0.15, -0.1) is 0 Å². The van der Waals surface area contributed by atoms with Gasteiger partial charge in [-0.05, 0) is 36.8 Å². The lowest BCUT2D eigenvalue weighted by molar-refractivity contribution is 0.100. The van der Waals surface area contributed by atoms with Gasteiger partial charge in [0.05, 0.1) is 12.1 Å². The smallest absolute Gasteiger partial charge is 0.181 e. The van der Waals surface area contributed by atoms with Gasteiger partial charge in [0.1, 0.15) is 23.8 Å². The van der Waals surface area contributed by atoms with Crippen LogP contribution in [0.3, 0.4) is 0 Å². The van der Waals surface area contributed by atoms with Crippen LogP contribution in [-0.4, -0.2) is 30.6 Å². The minimum Gasteiger partial charge on any atom is -0.493 e. The molecular formula is C23H25NO4. The SMILES string of the molecule is CCOCCCOc1ccc2nc(C(C)=O)c(OCc3ccccc3)cc2c1. The number of carbonyl (C=O) groups is 1. The van der Waals surface area contributed by atoms with Crippen LogP contribution >= 0.6 is 0 Å². The summed E-state index contributed by atoms with van der Waals surface area (Å²) in [6, 6.07) is 17.3. The second-order valence-electron chi connectivity index (χ2n) is 6.42. The van der Waals surface area contributed by atoms with E-state index in [4.69, 9.17) is 14.2 Å². The lowest BCUT2D eigenvalue weighted by Crippen LogP contribution is -2.05. The molecule has 5 heteroatoms.